The summed E-state index contributed by atoms with van der Waals surface area (Å²) in [4.78, 5) is 4.47. The van der Waals surface area contributed by atoms with Gasteiger partial charge in [-0.3, -0.25) is 0 Å². The van der Waals surface area contributed by atoms with E-state index in [4.69, 9.17) is 4.74 Å². The Bertz CT molecular complexity index is 507. The summed E-state index contributed by atoms with van der Waals surface area (Å²) < 4.78 is 5.19. The van der Waals surface area contributed by atoms with Crippen LogP contribution in [0.5, 0.6) is 5.75 Å². The van der Waals surface area contributed by atoms with Crippen molar-refractivity contribution in [3.63, 3.8) is 0 Å². The Morgan fingerprint density at radius 3 is 2.58 bits per heavy atom. The number of hydrogen-bond acceptors (Lipinski definition) is 4. The molecule has 0 aliphatic rings. The van der Waals surface area contributed by atoms with Crippen molar-refractivity contribution in [2.75, 3.05) is 7.11 Å². The van der Waals surface area contributed by atoms with Gasteiger partial charge in [-0.2, -0.15) is 0 Å². The number of aryl methyl sites for hydroxylation is 1. The Morgan fingerprint density at radius 2 is 2.05 bits per heavy atom. The number of nitrogens with zero attached hydrogens (tertiary/aromatic N) is 1. The fourth-order valence-electron chi connectivity index (χ4n) is 2.05. The second-order valence-corrected chi connectivity index (χ2v) is 5.53. The fourth-order valence-corrected chi connectivity index (χ4v) is 2.66. The Hall–Kier alpha value is -1.39. The van der Waals surface area contributed by atoms with Crippen molar-refractivity contribution in [3.8, 4) is 5.75 Å². The first-order valence-electron chi connectivity index (χ1n) is 6.51. The van der Waals surface area contributed by atoms with Crippen LogP contribution in [0, 0.1) is 6.92 Å². The number of hydrogen-bond donors (Lipinski definition) is 1. The first kappa shape index (κ1) is 14.0. The Kier molecular flexibility index (Phi) is 4.93. The average Bonchev–Trinajstić information content (AvgIpc) is 2.86. The molecule has 0 radical (unpaired) electrons. The lowest BCUT2D eigenvalue weighted by Crippen LogP contribution is -2.20. The van der Waals surface area contributed by atoms with Crippen molar-refractivity contribution in [3.05, 3.63) is 45.9 Å². The fraction of sp³-hybridized carbons (Fsp3) is 0.400. The molecule has 4 heteroatoms. The van der Waals surface area contributed by atoms with Gasteiger partial charge in [-0.05, 0) is 31.0 Å². The molecule has 0 spiro atoms. The SMILES string of the molecule is CCC(NCc1csc(C)n1)c1ccc(OC)cc1. The Balaban J connectivity index is 1.98. The topological polar surface area (TPSA) is 34.2 Å². The van der Waals surface area contributed by atoms with E-state index in [0.29, 0.717) is 6.04 Å². The van der Waals surface area contributed by atoms with Crippen molar-refractivity contribution in [2.24, 2.45) is 0 Å². The zero-order valence-electron chi connectivity index (χ0n) is 11.6. The van der Waals surface area contributed by atoms with Crippen molar-refractivity contribution >= 4 is 11.3 Å². The number of methoxy groups -OCH3 is 1. The van der Waals surface area contributed by atoms with Crippen LogP contribution in [0.1, 0.15) is 35.7 Å². The van der Waals surface area contributed by atoms with Crippen LogP contribution in [0.4, 0.5) is 0 Å². The molecule has 2 rings (SSSR count). The minimum absolute atomic E-state index is 0.355. The molecule has 102 valence electrons. The molecule has 0 saturated carbocycles. The maximum atomic E-state index is 5.19. The van der Waals surface area contributed by atoms with Gasteiger partial charge in [0.05, 0.1) is 17.8 Å². The minimum atomic E-state index is 0.355. The van der Waals surface area contributed by atoms with Gasteiger partial charge in [0, 0.05) is 18.0 Å². The highest BCUT2D eigenvalue weighted by Crippen LogP contribution is 2.20. The molecule has 3 nitrogen and oxygen atoms in total. The van der Waals surface area contributed by atoms with Crippen LogP contribution >= 0.6 is 11.3 Å². The second-order valence-electron chi connectivity index (χ2n) is 4.47. The molecular weight excluding hydrogens is 256 g/mol. The Labute approximate surface area is 118 Å². The molecule has 0 bridgehead atoms. The van der Waals surface area contributed by atoms with Crippen molar-refractivity contribution < 1.29 is 4.74 Å². The molecule has 1 aromatic carbocycles. The summed E-state index contributed by atoms with van der Waals surface area (Å²) in [6.45, 7) is 5.04. The van der Waals surface area contributed by atoms with Gasteiger partial charge in [0.25, 0.3) is 0 Å². The van der Waals surface area contributed by atoms with Crippen molar-refractivity contribution in [1.29, 1.82) is 0 Å². The number of aromatic nitrogens is 1. The smallest absolute Gasteiger partial charge is 0.118 e. The highest BCUT2D eigenvalue weighted by Gasteiger charge is 2.09. The molecule has 0 aliphatic heterocycles. The molecule has 1 unspecified atom stereocenters. The average molecular weight is 276 g/mol. The third kappa shape index (κ3) is 3.78. The van der Waals surface area contributed by atoms with Gasteiger partial charge >= 0.3 is 0 Å². The van der Waals surface area contributed by atoms with Crippen LogP contribution in [0.2, 0.25) is 0 Å². The van der Waals surface area contributed by atoms with Gasteiger partial charge in [-0.1, -0.05) is 19.1 Å². The number of benzene rings is 1. The number of nitrogens with one attached hydrogen (secondary N) is 1. The first-order chi connectivity index (χ1) is 9.22. The summed E-state index contributed by atoms with van der Waals surface area (Å²) in [6.07, 6.45) is 1.05. The highest BCUT2D eigenvalue weighted by atomic mass is 32.1. The van der Waals surface area contributed by atoms with Gasteiger partial charge in [-0.25, -0.2) is 4.98 Å². The van der Waals surface area contributed by atoms with E-state index in [1.165, 1.54) is 5.56 Å². The lowest BCUT2D eigenvalue weighted by Gasteiger charge is -2.17. The monoisotopic (exact) mass is 276 g/mol. The summed E-state index contributed by atoms with van der Waals surface area (Å²) in [5, 5.41) is 6.79. The molecule has 1 heterocycles. The predicted octanol–water partition coefficient (Wildman–Crippen LogP) is 3.70. The van der Waals surface area contributed by atoms with Crippen LogP contribution in [0.25, 0.3) is 0 Å². The lowest BCUT2D eigenvalue weighted by atomic mass is 10.0. The van der Waals surface area contributed by atoms with E-state index in [1.54, 1.807) is 18.4 Å². The molecular formula is C15H20N2OS. The molecule has 0 amide bonds. The molecule has 1 aromatic heterocycles. The predicted molar refractivity (Wildman–Crippen MR) is 79.7 cm³/mol. The standard InChI is InChI=1S/C15H20N2OS/c1-4-15(12-5-7-14(18-3)8-6-12)16-9-13-10-19-11(2)17-13/h5-8,10,15-16H,4,9H2,1-3H3. The van der Waals surface area contributed by atoms with Gasteiger partial charge in [-0.15, -0.1) is 11.3 Å². The number of ether oxygens (including phenoxy) is 1. The third-order valence-corrected chi connectivity index (χ3v) is 3.94. The normalized spacial score (nSPS) is 12.4. The first-order valence-corrected chi connectivity index (χ1v) is 7.39. The minimum Gasteiger partial charge on any atom is -0.497 e. The summed E-state index contributed by atoms with van der Waals surface area (Å²) in [7, 11) is 1.69. The lowest BCUT2D eigenvalue weighted by molar-refractivity contribution is 0.414. The van der Waals surface area contributed by atoms with Crippen LogP contribution in [0.3, 0.4) is 0 Å². The number of rotatable bonds is 6. The molecule has 1 atom stereocenters. The second kappa shape index (κ2) is 6.68. The van der Waals surface area contributed by atoms with Gasteiger partial charge in [0.15, 0.2) is 0 Å². The molecule has 0 saturated heterocycles. The van der Waals surface area contributed by atoms with Crippen LogP contribution < -0.4 is 10.1 Å². The van der Waals surface area contributed by atoms with E-state index in [-0.39, 0.29) is 0 Å². The van der Waals surface area contributed by atoms with E-state index < -0.39 is 0 Å². The van der Waals surface area contributed by atoms with Gasteiger partial charge < -0.3 is 10.1 Å². The quantitative estimate of drug-likeness (QED) is 0.873. The third-order valence-electron chi connectivity index (χ3n) is 3.12. The van der Waals surface area contributed by atoms with Gasteiger partial charge in [0.1, 0.15) is 5.75 Å². The molecule has 1 N–H and O–H groups in total. The van der Waals surface area contributed by atoms with E-state index in [9.17, 15) is 0 Å². The van der Waals surface area contributed by atoms with E-state index in [2.05, 4.69) is 34.7 Å². The van der Waals surface area contributed by atoms with Crippen molar-refractivity contribution in [1.82, 2.24) is 10.3 Å². The maximum Gasteiger partial charge on any atom is 0.118 e. The molecule has 0 aliphatic carbocycles. The van der Waals surface area contributed by atoms with Gasteiger partial charge in [0.2, 0.25) is 0 Å². The number of thiazole rings is 1. The molecule has 0 fully saturated rings. The van der Waals surface area contributed by atoms with Crippen molar-refractivity contribution in [2.45, 2.75) is 32.9 Å². The summed E-state index contributed by atoms with van der Waals surface area (Å²) in [6, 6.07) is 8.60. The zero-order valence-corrected chi connectivity index (χ0v) is 12.5. The highest BCUT2D eigenvalue weighted by molar-refractivity contribution is 7.09. The summed E-state index contributed by atoms with van der Waals surface area (Å²) >= 11 is 1.70. The van der Waals surface area contributed by atoms with E-state index in [0.717, 1.165) is 29.4 Å². The molecule has 2 aromatic rings. The van der Waals surface area contributed by atoms with Crippen LogP contribution in [0.15, 0.2) is 29.6 Å². The summed E-state index contributed by atoms with van der Waals surface area (Å²) in [5.41, 5.74) is 2.41. The van der Waals surface area contributed by atoms with E-state index in [1.807, 2.05) is 19.1 Å². The maximum absolute atomic E-state index is 5.19. The summed E-state index contributed by atoms with van der Waals surface area (Å²) in [5.74, 6) is 0.897. The Morgan fingerprint density at radius 1 is 1.32 bits per heavy atom. The molecule has 19 heavy (non-hydrogen) atoms. The largest absolute Gasteiger partial charge is 0.497 e. The van der Waals surface area contributed by atoms with Crippen LogP contribution in [-0.4, -0.2) is 12.1 Å². The van der Waals surface area contributed by atoms with Crippen LogP contribution in [-0.2, 0) is 6.54 Å². The van der Waals surface area contributed by atoms with E-state index >= 15 is 0 Å². The zero-order chi connectivity index (χ0) is 13.7.